The van der Waals surface area contributed by atoms with Crippen molar-refractivity contribution in [2.45, 2.75) is 30.1 Å². The molecule has 3 aliphatic heterocycles. The van der Waals surface area contributed by atoms with Gasteiger partial charge in [-0.15, -0.1) is 0 Å². The fraction of sp³-hybridized carbons (Fsp3) is 0.476. The summed E-state index contributed by atoms with van der Waals surface area (Å²) in [6.07, 6.45) is -6.01. The number of rotatable bonds is 4. The lowest BCUT2D eigenvalue weighted by Crippen LogP contribution is -2.49. The van der Waals surface area contributed by atoms with E-state index < -0.39 is 40.1 Å². The van der Waals surface area contributed by atoms with Crippen molar-refractivity contribution >= 4 is 27.8 Å². The highest BCUT2D eigenvalue weighted by Gasteiger charge is 2.46. The Bertz CT molecular complexity index is 1300. The normalized spacial score (nSPS) is 22.6. The third kappa shape index (κ3) is 4.20. The van der Waals surface area contributed by atoms with Crippen molar-refractivity contribution in [3.63, 3.8) is 0 Å². The number of benzene rings is 1. The zero-order valence-electron chi connectivity index (χ0n) is 19.0. The number of alkyl halides is 3. The van der Waals surface area contributed by atoms with E-state index in [2.05, 4.69) is 9.97 Å². The molecule has 2 fully saturated rings. The number of aryl methyl sites for hydroxylation is 1. The Balaban J connectivity index is 1.32. The summed E-state index contributed by atoms with van der Waals surface area (Å²) < 4.78 is 78.0. The second-order valence-corrected chi connectivity index (χ2v) is 10.5. The van der Waals surface area contributed by atoms with Crippen LogP contribution in [0, 0.1) is 6.92 Å². The summed E-state index contributed by atoms with van der Waals surface area (Å²) in [7, 11) is -3.96. The molecule has 0 saturated carbocycles. The maximum atomic E-state index is 13.3. The molecule has 1 N–H and O–H groups in total. The SMILES string of the molecule is Cc1cc(C(F)(F)F)nc(N2CCN(S(=O)(=O)c3ccc4c(c3)OC[C@@H]3[C@H](CO)OC(=O)N43)CC2)n1. The molecule has 1 amide bonds. The van der Waals surface area contributed by atoms with Crippen LogP contribution in [0.4, 0.5) is 29.6 Å². The lowest BCUT2D eigenvalue weighted by molar-refractivity contribution is -0.141. The van der Waals surface area contributed by atoms with Crippen LogP contribution >= 0.6 is 0 Å². The Labute approximate surface area is 204 Å². The minimum Gasteiger partial charge on any atom is -0.489 e. The van der Waals surface area contributed by atoms with Gasteiger partial charge in [0, 0.05) is 37.9 Å². The van der Waals surface area contributed by atoms with Gasteiger partial charge in [-0.2, -0.15) is 17.5 Å². The van der Waals surface area contributed by atoms with Crippen LogP contribution in [-0.4, -0.2) is 85.4 Å². The van der Waals surface area contributed by atoms with Crippen LogP contribution in [-0.2, 0) is 20.9 Å². The molecule has 2 aromatic rings. The van der Waals surface area contributed by atoms with Crippen LogP contribution in [0.25, 0.3) is 0 Å². The monoisotopic (exact) mass is 529 g/mol. The molecule has 1 aromatic carbocycles. The van der Waals surface area contributed by atoms with Gasteiger partial charge in [-0.3, -0.25) is 4.90 Å². The molecule has 194 valence electrons. The number of amides is 1. The number of sulfonamides is 1. The predicted octanol–water partition coefficient (Wildman–Crippen LogP) is 1.39. The van der Waals surface area contributed by atoms with E-state index in [4.69, 9.17) is 9.47 Å². The fourth-order valence-electron chi connectivity index (χ4n) is 4.45. The van der Waals surface area contributed by atoms with Crippen LogP contribution < -0.4 is 14.5 Å². The fourth-order valence-corrected chi connectivity index (χ4v) is 5.88. The zero-order valence-corrected chi connectivity index (χ0v) is 19.8. The van der Waals surface area contributed by atoms with Crippen molar-refractivity contribution in [2.24, 2.45) is 0 Å². The number of carbonyl (C=O) groups excluding carboxylic acids is 1. The standard InChI is InChI=1S/C21H22F3N5O6S/c1-12-8-18(21(22,23)24)26-19(25-12)27-4-6-28(7-5-27)36(32,33)13-2-3-14-16(9-13)34-11-15-17(10-30)35-20(31)29(14)15/h2-3,8-9,15,17,30H,4-7,10-11H2,1H3/t15-,17+/m1/s1. The van der Waals surface area contributed by atoms with Crippen LogP contribution in [0.1, 0.15) is 11.4 Å². The van der Waals surface area contributed by atoms with Gasteiger partial charge in [-0.25, -0.2) is 23.2 Å². The van der Waals surface area contributed by atoms with Crippen molar-refractivity contribution in [1.82, 2.24) is 14.3 Å². The maximum absolute atomic E-state index is 13.3. The summed E-state index contributed by atoms with van der Waals surface area (Å²) in [5.41, 5.74) is -0.553. The average Bonchev–Trinajstić information content (AvgIpc) is 3.18. The number of nitrogens with zero attached hydrogens (tertiary/aromatic N) is 5. The molecule has 11 nitrogen and oxygen atoms in total. The Hall–Kier alpha value is -3.17. The van der Waals surface area contributed by atoms with E-state index >= 15 is 0 Å². The van der Waals surface area contributed by atoms with Crippen LogP contribution in [0.15, 0.2) is 29.2 Å². The first-order chi connectivity index (χ1) is 17.0. The van der Waals surface area contributed by atoms with E-state index in [0.29, 0.717) is 5.69 Å². The maximum Gasteiger partial charge on any atom is 0.433 e. The van der Waals surface area contributed by atoms with E-state index in [1.165, 1.54) is 39.2 Å². The molecule has 0 aliphatic carbocycles. The molecule has 0 radical (unpaired) electrons. The summed E-state index contributed by atoms with van der Waals surface area (Å²) >= 11 is 0. The highest BCUT2D eigenvalue weighted by molar-refractivity contribution is 7.89. The third-order valence-electron chi connectivity index (χ3n) is 6.28. The van der Waals surface area contributed by atoms with Crippen molar-refractivity contribution < 1.29 is 41.0 Å². The molecule has 0 bridgehead atoms. The summed E-state index contributed by atoms with van der Waals surface area (Å²) in [5, 5.41) is 9.41. The van der Waals surface area contributed by atoms with Crippen molar-refractivity contribution in [3.05, 3.63) is 35.7 Å². The number of cyclic esters (lactones) is 1. The number of aromatic nitrogens is 2. The number of halogens is 3. The number of anilines is 2. The minimum atomic E-state index is -4.62. The van der Waals surface area contributed by atoms with Crippen molar-refractivity contribution in [1.29, 1.82) is 0 Å². The summed E-state index contributed by atoms with van der Waals surface area (Å²) in [6.45, 7) is 1.33. The molecular formula is C21H22F3N5O6S. The largest absolute Gasteiger partial charge is 0.489 e. The van der Waals surface area contributed by atoms with E-state index in [1.807, 2.05) is 0 Å². The Morgan fingerprint density at radius 2 is 1.86 bits per heavy atom. The average molecular weight is 529 g/mol. The first kappa shape index (κ1) is 24.5. The molecule has 0 unspecified atom stereocenters. The van der Waals surface area contributed by atoms with E-state index in [1.54, 1.807) is 0 Å². The van der Waals surface area contributed by atoms with Gasteiger partial charge < -0.3 is 19.5 Å². The van der Waals surface area contributed by atoms with Gasteiger partial charge in [0.2, 0.25) is 16.0 Å². The Kier molecular flexibility index (Phi) is 5.95. The van der Waals surface area contributed by atoms with Crippen LogP contribution in [0.5, 0.6) is 5.75 Å². The summed E-state index contributed by atoms with van der Waals surface area (Å²) in [5.74, 6) is 0.0872. The molecule has 2 atom stereocenters. The lowest BCUT2D eigenvalue weighted by Gasteiger charge is -2.35. The number of carbonyl (C=O) groups is 1. The van der Waals surface area contributed by atoms with Crippen molar-refractivity contribution in [2.75, 3.05) is 49.2 Å². The second kappa shape index (κ2) is 8.74. The van der Waals surface area contributed by atoms with Gasteiger partial charge in [0.25, 0.3) is 0 Å². The second-order valence-electron chi connectivity index (χ2n) is 8.57. The van der Waals surface area contributed by atoms with Gasteiger partial charge in [0.05, 0.1) is 17.2 Å². The summed E-state index contributed by atoms with van der Waals surface area (Å²) in [6, 6.07) is 4.46. The summed E-state index contributed by atoms with van der Waals surface area (Å²) in [4.78, 5) is 22.7. The highest BCUT2D eigenvalue weighted by atomic mass is 32.2. The molecule has 1 aromatic heterocycles. The minimum absolute atomic E-state index is 0.0115. The highest BCUT2D eigenvalue weighted by Crippen LogP contribution is 2.40. The van der Waals surface area contributed by atoms with Gasteiger partial charge in [-0.05, 0) is 25.1 Å². The number of aliphatic hydroxyl groups excluding tert-OH is 1. The van der Waals surface area contributed by atoms with E-state index in [9.17, 15) is 31.5 Å². The zero-order chi connectivity index (χ0) is 25.8. The van der Waals surface area contributed by atoms with E-state index in [0.717, 1.165) is 6.07 Å². The molecule has 2 saturated heterocycles. The van der Waals surface area contributed by atoms with Gasteiger partial charge >= 0.3 is 12.3 Å². The molecule has 5 rings (SSSR count). The number of fused-ring (bicyclic) bond motifs is 3. The number of piperazine rings is 1. The van der Waals surface area contributed by atoms with Crippen molar-refractivity contribution in [3.8, 4) is 5.75 Å². The number of hydrogen-bond donors (Lipinski definition) is 1. The van der Waals surface area contributed by atoms with Gasteiger partial charge in [-0.1, -0.05) is 0 Å². The Morgan fingerprint density at radius 3 is 2.53 bits per heavy atom. The number of hydrogen-bond acceptors (Lipinski definition) is 9. The third-order valence-corrected chi connectivity index (χ3v) is 8.18. The van der Waals surface area contributed by atoms with Gasteiger partial charge in [0.1, 0.15) is 24.1 Å². The van der Waals surface area contributed by atoms with Crippen LogP contribution in [0.3, 0.4) is 0 Å². The predicted molar refractivity (Wildman–Crippen MR) is 118 cm³/mol. The Morgan fingerprint density at radius 1 is 1.14 bits per heavy atom. The molecule has 4 heterocycles. The first-order valence-corrected chi connectivity index (χ1v) is 12.5. The van der Waals surface area contributed by atoms with E-state index in [-0.39, 0.29) is 61.7 Å². The smallest absolute Gasteiger partial charge is 0.433 e. The molecule has 15 heteroatoms. The molecule has 3 aliphatic rings. The van der Waals surface area contributed by atoms with Gasteiger partial charge in [0.15, 0.2) is 6.10 Å². The molecule has 36 heavy (non-hydrogen) atoms. The molecular weight excluding hydrogens is 507 g/mol. The number of aliphatic hydroxyl groups is 1. The van der Waals surface area contributed by atoms with Crippen LogP contribution in [0.2, 0.25) is 0 Å². The topological polar surface area (TPSA) is 125 Å². The first-order valence-electron chi connectivity index (χ1n) is 11.0. The molecule has 0 spiro atoms. The number of ether oxygens (including phenoxy) is 2. The quantitative estimate of drug-likeness (QED) is 0.626. The lowest BCUT2D eigenvalue weighted by atomic mass is 10.1.